The van der Waals surface area contributed by atoms with Gasteiger partial charge in [-0.1, -0.05) is 13.3 Å². The van der Waals surface area contributed by atoms with Crippen LogP contribution in [-0.2, 0) is 0 Å². The second kappa shape index (κ2) is 8.93. The zero-order valence-electron chi connectivity index (χ0n) is 12.0. The second-order valence-corrected chi connectivity index (χ2v) is 4.80. The van der Waals surface area contributed by atoms with E-state index in [0.717, 1.165) is 18.9 Å². The lowest BCUT2D eigenvalue weighted by atomic mass is 10.0. The van der Waals surface area contributed by atoms with E-state index in [1.54, 1.807) is 0 Å². The molecule has 1 rings (SSSR count). The number of carbonyl (C=O) groups is 1. The number of amides is 2. The van der Waals surface area contributed by atoms with Crippen molar-refractivity contribution in [3.05, 3.63) is 29.6 Å². The fourth-order valence-corrected chi connectivity index (χ4v) is 2.06. The number of aliphatic hydroxyl groups is 1. The van der Waals surface area contributed by atoms with Gasteiger partial charge < -0.3 is 15.7 Å². The van der Waals surface area contributed by atoms with Gasteiger partial charge in [0.25, 0.3) is 0 Å². The van der Waals surface area contributed by atoms with E-state index in [1.165, 1.54) is 12.1 Å². The molecule has 0 saturated carbocycles. The van der Waals surface area contributed by atoms with Gasteiger partial charge in [0.1, 0.15) is 11.9 Å². The molecular weight excluding hydrogens is 273 g/mol. The van der Waals surface area contributed by atoms with Gasteiger partial charge in [0, 0.05) is 13.2 Å². The van der Waals surface area contributed by atoms with Crippen molar-refractivity contribution in [2.24, 2.45) is 5.92 Å². The summed E-state index contributed by atoms with van der Waals surface area (Å²) >= 11 is 0. The molecule has 0 aliphatic rings. The molecule has 0 spiro atoms. The van der Waals surface area contributed by atoms with Gasteiger partial charge in [-0.3, -0.25) is 0 Å². The molecule has 2 amide bonds. The molecule has 1 aromatic carbocycles. The van der Waals surface area contributed by atoms with Crippen molar-refractivity contribution in [1.29, 1.82) is 5.26 Å². The number of urea groups is 1. The molecule has 0 saturated heterocycles. The molecule has 1 atom stereocenters. The first-order valence-corrected chi connectivity index (χ1v) is 6.96. The summed E-state index contributed by atoms with van der Waals surface area (Å²) < 4.78 is 13.0. The van der Waals surface area contributed by atoms with E-state index in [1.807, 2.05) is 13.0 Å². The molecule has 0 fully saturated rings. The molecule has 0 heterocycles. The molecule has 3 N–H and O–H groups in total. The molecule has 0 aliphatic carbocycles. The molecule has 114 valence electrons. The van der Waals surface area contributed by atoms with Crippen molar-refractivity contribution in [3.8, 4) is 6.07 Å². The zero-order valence-corrected chi connectivity index (χ0v) is 12.0. The molecule has 5 nitrogen and oxygen atoms in total. The summed E-state index contributed by atoms with van der Waals surface area (Å²) in [7, 11) is 0. The number of hydrogen-bond acceptors (Lipinski definition) is 3. The number of anilines is 1. The zero-order chi connectivity index (χ0) is 15.7. The molecule has 1 unspecified atom stereocenters. The highest BCUT2D eigenvalue weighted by Crippen LogP contribution is 2.16. The monoisotopic (exact) mass is 293 g/mol. The number of aliphatic hydroxyl groups excluding tert-OH is 1. The number of benzene rings is 1. The van der Waals surface area contributed by atoms with Crippen molar-refractivity contribution in [2.75, 3.05) is 18.5 Å². The molecule has 6 heteroatoms. The Labute approximate surface area is 123 Å². The first-order valence-electron chi connectivity index (χ1n) is 6.96. The lowest BCUT2D eigenvalue weighted by molar-refractivity contribution is 0.236. The molecule has 21 heavy (non-hydrogen) atoms. The van der Waals surface area contributed by atoms with Crippen molar-refractivity contribution in [2.45, 2.75) is 26.2 Å². The van der Waals surface area contributed by atoms with Crippen LogP contribution in [0.1, 0.15) is 31.7 Å². The van der Waals surface area contributed by atoms with Gasteiger partial charge in [0.15, 0.2) is 0 Å². The van der Waals surface area contributed by atoms with Crippen molar-refractivity contribution in [3.63, 3.8) is 0 Å². The Bertz CT molecular complexity index is 508. The largest absolute Gasteiger partial charge is 0.396 e. The number of halogens is 1. The summed E-state index contributed by atoms with van der Waals surface area (Å²) in [5.41, 5.74) is 0.344. The van der Waals surface area contributed by atoms with Gasteiger partial charge in [-0.05, 0) is 37.0 Å². The Morgan fingerprint density at radius 1 is 1.48 bits per heavy atom. The Balaban J connectivity index is 2.56. The van der Waals surface area contributed by atoms with Crippen molar-refractivity contribution in [1.82, 2.24) is 5.32 Å². The molecule has 0 aliphatic heterocycles. The number of rotatable bonds is 7. The smallest absolute Gasteiger partial charge is 0.319 e. The van der Waals surface area contributed by atoms with Crippen LogP contribution in [0.15, 0.2) is 18.2 Å². The number of nitriles is 1. The summed E-state index contributed by atoms with van der Waals surface area (Å²) in [4.78, 5) is 11.8. The summed E-state index contributed by atoms with van der Waals surface area (Å²) in [6, 6.07) is 4.99. The summed E-state index contributed by atoms with van der Waals surface area (Å²) in [5, 5.41) is 23.1. The topological polar surface area (TPSA) is 85.2 Å². The van der Waals surface area contributed by atoms with Gasteiger partial charge in [-0.15, -0.1) is 0 Å². The fourth-order valence-electron chi connectivity index (χ4n) is 2.06. The first-order chi connectivity index (χ1) is 10.1. The number of hydrogen-bond donors (Lipinski definition) is 3. The van der Waals surface area contributed by atoms with E-state index < -0.39 is 11.8 Å². The third-order valence-electron chi connectivity index (χ3n) is 3.14. The Kier molecular flexibility index (Phi) is 7.19. The average Bonchev–Trinajstić information content (AvgIpc) is 2.47. The van der Waals surface area contributed by atoms with Crippen LogP contribution in [0.25, 0.3) is 0 Å². The summed E-state index contributed by atoms with van der Waals surface area (Å²) in [5.74, 6) is -0.308. The highest BCUT2D eigenvalue weighted by atomic mass is 19.1. The van der Waals surface area contributed by atoms with Gasteiger partial charge >= 0.3 is 6.03 Å². The number of carbonyl (C=O) groups excluding carboxylic acids is 1. The van der Waals surface area contributed by atoms with E-state index in [-0.39, 0.29) is 23.8 Å². The third-order valence-corrected chi connectivity index (χ3v) is 3.14. The fraction of sp³-hybridized carbons (Fsp3) is 0.467. The van der Waals surface area contributed by atoms with Crippen LogP contribution < -0.4 is 10.6 Å². The van der Waals surface area contributed by atoms with Crippen LogP contribution >= 0.6 is 0 Å². The van der Waals surface area contributed by atoms with E-state index in [9.17, 15) is 9.18 Å². The highest BCUT2D eigenvalue weighted by Gasteiger charge is 2.11. The van der Waals surface area contributed by atoms with Crippen LogP contribution in [0.2, 0.25) is 0 Å². The molecule has 0 aromatic heterocycles. The van der Waals surface area contributed by atoms with Crippen LogP contribution in [0.3, 0.4) is 0 Å². The number of nitrogens with zero attached hydrogens (tertiary/aromatic N) is 1. The lowest BCUT2D eigenvalue weighted by Gasteiger charge is -2.16. The molecular formula is C15H20FN3O2. The second-order valence-electron chi connectivity index (χ2n) is 4.80. The predicted molar refractivity (Wildman–Crippen MR) is 78.2 cm³/mol. The number of nitrogens with one attached hydrogen (secondary N) is 2. The minimum atomic E-state index is -0.525. The Hall–Kier alpha value is -2.13. The molecule has 1 aromatic rings. The summed E-state index contributed by atoms with van der Waals surface area (Å²) in [6.45, 7) is 2.58. The predicted octanol–water partition coefficient (Wildman–Crippen LogP) is 2.62. The van der Waals surface area contributed by atoms with Crippen LogP contribution in [0.5, 0.6) is 0 Å². The average molecular weight is 293 g/mol. The van der Waals surface area contributed by atoms with Crippen molar-refractivity contribution >= 4 is 11.7 Å². The molecule has 0 bridgehead atoms. The highest BCUT2D eigenvalue weighted by molar-refractivity contribution is 5.90. The SMILES string of the molecule is CCCC(CCO)CNC(=O)Nc1ccc(F)cc1C#N. The van der Waals surface area contributed by atoms with Gasteiger partial charge in [0.2, 0.25) is 0 Å². The van der Waals surface area contributed by atoms with Crippen LogP contribution in [0.4, 0.5) is 14.9 Å². The molecule has 0 radical (unpaired) electrons. The van der Waals surface area contributed by atoms with E-state index in [2.05, 4.69) is 10.6 Å². The maximum Gasteiger partial charge on any atom is 0.319 e. The van der Waals surface area contributed by atoms with E-state index >= 15 is 0 Å². The minimum Gasteiger partial charge on any atom is -0.396 e. The van der Waals surface area contributed by atoms with E-state index in [0.29, 0.717) is 13.0 Å². The summed E-state index contributed by atoms with van der Waals surface area (Å²) in [6.07, 6.45) is 2.53. The van der Waals surface area contributed by atoms with Crippen LogP contribution in [0, 0.1) is 23.1 Å². The van der Waals surface area contributed by atoms with Crippen LogP contribution in [-0.4, -0.2) is 24.3 Å². The van der Waals surface area contributed by atoms with E-state index in [4.69, 9.17) is 10.4 Å². The maximum atomic E-state index is 13.0. The Morgan fingerprint density at radius 2 is 2.24 bits per heavy atom. The van der Waals surface area contributed by atoms with Crippen molar-refractivity contribution < 1.29 is 14.3 Å². The van der Waals surface area contributed by atoms with Gasteiger partial charge in [-0.2, -0.15) is 5.26 Å². The van der Waals surface area contributed by atoms with Gasteiger partial charge in [-0.25, -0.2) is 9.18 Å². The lowest BCUT2D eigenvalue weighted by Crippen LogP contribution is -2.33. The Morgan fingerprint density at radius 3 is 2.86 bits per heavy atom. The first kappa shape index (κ1) is 16.9. The standard InChI is InChI=1S/C15H20FN3O2/c1-2-3-11(6-7-20)10-18-15(21)19-14-5-4-13(16)8-12(14)9-17/h4-5,8,11,20H,2-3,6-7,10H2,1H3,(H2,18,19,21). The van der Waals surface area contributed by atoms with Gasteiger partial charge in [0.05, 0.1) is 11.3 Å². The maximum absolute atomic E-state index is 13.0. The minimum absolute atomic E-state index is 0.0746. The third kappa shape index (κ3) is 5.79. The normalized spacial score (nSPS) is 11.5. The quantitative estimate of drug-likeness (QED) is 0.722.